The molecule has 4 bridgehead atoms. The Morgan fingerprint density at radius 1 is 0.886 bits per heavy atom. The monoisotopic (exact) mass is 1280 g/mol. The van der Waals surface area contributed by atoms with Crippen LogP contribution in [0.4, 0.5) is 10.5 Å². The number of epoxide rings is 1. The van der Waals surface area contributed by atoms with Crippen LogP contribution in [0.5, 0.6) is 5.75 Å². The number of nitrogens with zero attached hydrogens (tertiary/aromatic N) is 4. The second kappa shape index (κ2) is 32.5. The van der Waals surface area contributed by atoms with Gasteiger partial charge in [-0.1, -0.05) is 56.2 Å². The number of fused-ring (bicyclic) bond motifs is 5. The number of benzene rings is 1. The molecule has 0 spiro atoms. The highest BCUT2D eigenvalue weighted by molar-refractivity contribution is 8.02. The number of carbonyl (C=O) groups is 10. The van der Waals surface area contributed by atoms with Crippen LogP contribution in [-0.4, -0.2) is 226 Å². The second-order valence-corrected chi connectivity index (χ2v) is 25.1. The summed E-state index contributed by atoms with van der Waals surface area (Å²) >= 11 is 8.07. The normalized spacial score (nSPS) is 26.0. The maximum absolute atomic E-state index is 14.4. The number of anilines is 1. The zero-order valence-electron chi connectivity index (χ0n) is 51.4. The molecule has 5 heterocycles. The molecule has 8 atom stereocenters. The van der Waals surface area contributed by atoms with Gasteiger partial charge in [-0.3, -0.25) is 48.6 Å². The molecular formula is C59H83ClN6O21S. The molecule has 3 N–H and O–H groups in total. The number of esters is 1. The summed E-state index contributed by atoms with van der Waals surface area (Å²) in [5.41, 5.74) is -1.23. The Hall–Kier alpha value is -6.24. The first-order valence-electron chi connectivity index (χ1n) is 29.2. The van der Waals surface area contributed by atoms with E-state index in [1.165, 1.54) is 49.9 Å². The van der Waals surface area contributed by atoms with Crippen molar-refractivity contribution in [3.05, 3.63) is 46.5 Å². The smallest absolute Gasteiger partial charge is 0.409 e. The lowest BCUT2D eigenvalue weighted by Gasteiger charge is -2.42. The molecule has 6 rings (SSSR count). The Kier molecular flexibility index (Phi) is 26.2. The standard InChI is InChI=1S/C59H83ClN6O21S/c1-36-11-10-12-43(79-9)59(77)34-41(84-56(76)62-59)37(2)54-58(5,86-54)44(33-49(71)64(7)39-30-38(29-36)31-40(78-8)53(39)60)85-52(74)35-63(6)46(68)15-18-57(3,4)88-42-32-50(72)65(55(42)75)20-16-45(67)61-19-22-81-24-26-83-28-27-82-25-23-80-21-17-51(73)87-66-47(69)13-14-48(66)70/h10-12,30-31,37,41-44,54,77H,13-29,32-35H2,1-9H3,(H,61,67)(H,62,76)/b12-10+,36-11+/t37-,41?,42?,43-,44+,54?,58?,59+/m1/s1. The van der Waals surface area contributed by atoms with E-state index in [4.69, 9.17) is 59.1 Å². The van der Waals surface area contributed by atoms with Gasteiger partial charge in [-0.25, -0.2) is 9.59 Å². The Labute approximate surface area is 520 Å². The largest absolute Gasteiger partial charge is 0.495 e. The Morgan fingerprint density at radius 3 is 2.18 bits per heavy atom. The number of hydroxylamine groups is 2. The Bertz CT molecular complexity index is 2770. The maximum Gasteiger partial charge on any atom is 0.409 e. The third-order valence-electron chi connectivity index (χ3n) is 15.5. The van der Waals surface area contributed by atoms with Gasteiger partial charge in [-0.15, -0.1) is 16.8 Å². The molecule has 4 unspecified atom stereocenters. The number of halogens is 1. The number of alkyl carbamates (subject to hydrolysis) is 1. The van der Waals surface area contributed by atoms with Crippen molar-refractivity contribution in [2.24, 2.45) is 5.92 Å². The molecule has 0 radical (unpaired) electrons. The number of imide groups is 2. The molecular weight excluding hydrogens is 1200 g/mol. The summed E-state index contributed by atoms with van der Waals surface area (Å²) in [6.07, 6.45) is 0.196. The van der Waals surface area contributed by atoms with E-state index >= 15 is 0 Å². The molecule has 5 aliphatic rings. The molecule has 88 heavy (non-hydrogen) atoms. The Balaban J connectivity index is 0.914. The van der Waals surface area contributed by atoms with Gasteiger partial charge >= 0.3 is 18.0 Å². The summed E-state index contributed by atoms with van der Waals surface area (Å²) in [4.78, 5) is 137. The van der Waals surface area contributed by atoms with Crippen LogP contribution in [-0.2, 0) is 92.3 Å². The van der Waals surface area contributed by atoms with Crippen molar-refractivity contribution >= 4 is 88.4 Å². The van der Waals surface area contributed by atoms with E-state index in [1.807, 2.05) is 26.8 Å². The van der Waals surface area contributed by atoms with Crippen LogP contribution < -0.4 is 20.3 Å². The van der Waals surface area contributed by atoms with E-state index < -0.39 is 118 Å². The van der Waals surface area contributed by atoms with Crippen LogP contribution in [0.25, 0.3) is 0 Å². The summed E-state index contributed by atoms with van der Waals surface area (Å²) in [7, 11) is 5.84. The topological polar surface area (TPSA) is 324 Å². The number of nitrogens with one attached hydrogen (secondary N) is 2. The molecule has 1 aromatic rings. The lowest BCUT2D eigenvalue weighted by atomic mass is 9.83. The van der Waals surface area contributed by atoms with Crippen molar-refractivity contribution in [3.63, 3.8) is 0 Å². The number of thioether (sulfide) groups is 1. The van der Waals surface area contributed by atoms with E-state index in [0.29, 0.717) is 22.9 Å². The minimum Gasteiger partial charge on any atom is -0.495 e. The second-order valence-electron chi connectivity index (χ2n) is 22.8. The summed E-state index contributed by atoms with van der Waals surface area (Å²) in [6.45, 7) is 10.4. The molecule has 0 aliphatic carbocycles. The average molecular weight is 1280 g/mol. The number of carbonyl (C=O) groups excluding carboxylic acids is 10. The highest BCUT2D eigenvalue weighted by atomic mass is 35.5. The van der Waals surface area contributed by atoms with Crippen molar-refractivity contribution in [1.82, 2.24) is 25.5 Å². The van der Waals surface area contributed by atoms with Gasteiger partial charge in [-0.05, 0) is 44.4 Å². The number of aliphatic hydroxyl groups is 1. The molecule has 1 aromatic carbocycles. The van der Waals surface area contributed by atoms with Gasteiger partial charge in [0.15, 0.2) is 5.72 Å². The molecule has 29 heteroatoms. The van der Waals surface area contributed by atoms with Crippen molar-refractivity contribution in [3.8, 4) is 5.75 Å². The summed E-state index contributed by atoms with van der Waals surface area (Å²) in [5, 5.41) is 17.0. The van der Waals surface area contributed by atoms with E-state index in [9.17, 15) is 53.1 Å². The van der Waals surface area contributed by atoms with Gasteiger partial charge in [0.25, 0.3) is 11.8 Å². The number of amides is 8. The van der Waals surface area contributed by atoms with Crippen LogP contribution in [0.3, 0.4) is 0 Å². The number of hydrogen-bond donors (Lipinski definition) is 3. The number of hydrogen-bond acceptors (Lipinski definition) is 22. The number of rotatable bonds is 29. The number of allylic oxidation sites excluding steroid dienone is 3. The maximum atomic E-state index is 14.4. The fourth-order valence-corrected chi connectivity index (χ4v) is 12.1. The molecule has 0 saturated carbocycles. The first-order valence-corrected chi connectivity index (χ1v) is 30.4. The fourth-order valence-electron chi connectivity index (χ4n) is 10.4. The number of likely N-dealkylation sites (N-methyl/N-ethyl adjacent to an activating group) is 1. The predicted octanol–water partition coefficient (Wildman–Crippen LogP) is 3.12. The van der Waals surface area contributed by atoms with Gasteiger partial charge < -0.3 is 67.7 Å². The molecule has 5 aliphatic heterocycles. The van der Waals surface area contributed by atoms with Crippen molar-refractivity contribution in [1.29, 1.82) is 0 Å². The number of likely N-dealkylation sites (tertiary alicyclic amines) is 1. The van der Waals surface area contributed by atoms with Crippen molar-refractivity contribution in [2.45, 2.75) is 145 Å². The lowest BCUT2D eigenvalue weighted by molar-refractivity contribution is -0.198. The minimum absolute atomic E-state index is 0.0154. The van der Waals surface area contributed by atoms with Crippen molar-refractivity contribution in [2.75, 3.05) is 106 Å². The molecule has 0 aromatic heterocycles. The van der Waals surface area contributed by atoms with Gasteiger partial charge in [0.1, 0.15) is 41.2 Å². The zero-order valence-corrected chi connectivity index (χ0v) is 53.0. The van der Waals surface area contributed by atoms with Gasteiger partial charge in [-0.2, -0.15) is 0 Å². The number of ether oxygens (including phenoxy) is 9. The lowest BCUT2D eigenvalue weighted by Crippen LogP contribution is -2.63. The summed E-state index contributed by atoms with van der Waals surface area (Å²) in [6, 6.07) is 3.52. The Morgan fingerprint density at radius 2 is 1.53 bits per heavy atom. The van der Waals surface area contributed by atoms with Gasteiger partial charge in [0.05, 0.1) is 89.8 Å². The van der Waals surface area contributed by atoms with E-state index in [0.717, 1.165) is 16.0 Å². The van der Waals surface area contributed by atoms with Crippen LogP contribution in [0.15, 0.2) is 35.9 Å². The van der Waals surface area contributed by atoms with E-state index in [1.54, 1.807) is 38.1 Å². The summed E-state index contributed by atoms with van der Waals surface area (Å²) < 4.78 is 50.3. The molecule has 4 fully saturated rings. The van der Waals surface area contributed by atoms with E-state index in [-0.39, 0.29) is 128 Å². The minimum atomic E-state index is -1.89. The van der Waals surface area contributed by atoms with E-state index in [2.05, 4.69) is 10.6 Å². The highest BCUT2D eigenvalue weighted by Crippen LogP contribution is 2.49. The quantitative estimate of drug-likeness (QED) is 0.0449. The number of methoxy groups -OCH3 is 2. The summed E-state index contributed by atoms with van der Waals surface area (Å²) in [5.74, 6) is -5.13. The van der Waals surface area contributed by atoms with Crippen LogP contribution >= 0.6 is 23.4 Å². The third kappa shape index (κ3) is 19.9. The molecule has 4 saturated heterocycles. The SMILES string of the molecule is COc1cc2cc(c1Cl)N(C)C(=O)C[C@H](OC(=O)CN(C)C(=O)CCC(C)(C)SC1CC(=O)N(CCC(=O)NCCOCCOCCOCCOCCC(=O)ON3C(=O)CCC3=O)C1=O)C1(C)OC1[C@H](C)C1C[C@@](O)(NC(=O)O1)[C@H](OC)/C=C/C=C(\C)C2. The molecule has 8 amide bonds. The average Bonchev–Trinajstić information content (AvgIpc) is 1.78. The molecule has 488 valence electrons. The van der Waals surface area contributed by atoms with Gasteiger partial charge in [0.2, 0.25) is 29.5 Å². The molecule has 27 nitrogen and oxygen atoms in total. The van der Waals surface area contributed by atoms with Crippen LogP contribution in [0, 0.1) is 5.92 Å². The van der Waals surface area contributed by atoms with Crippen molar-refractivity contribution < 1.29 is 101 Å². The zero-order chi connectivity index (χ0) is 64.5. The first kappa shape index (κ1) is 70.8. The van der Waals surface area contributed by atoms with Gasteiger partial charge in [0, 0.05) is 83.5 Å². The third-order valence-corrected chi connectivity index (χ3v) is 17.4. The highest BCUT2D eigenvalue weighted by Gasteiger charge is 2.64. The first-order chi connectivity index (χ1) is 41.7. The van der Waals surface area contributed by atoms with Crippen LogP contribution in [0.1, 0.15) is 98.0 Å². The predicted molar refractivity (Wildman–Crippen MR) is 315 cm³/mol. The van der Waals surface area contributed by atoms with Crippen LogP contribution in [0.2, 0.25) is 5.02 Å². The fraction of sp³-hybridized carbons (Fsp3) is 0.661.